The third-order valence-corrected chi connectivity index (χ3v) is 4.35. The van der Waals surface area contributed by atoms with Gasteiger partial charge in [0.25, 0.3) is 0 Å². The Hall–Kier alpha value is -0.120. The van der Waals surface area contributed by atoms with E-state index in [0.717, 1.165) is 25.9 Å². The summed E-state index contributed by atoms with van der Waals surface area (Å²) in [5.41, 5.74) is 6.42. The first-order chi connectivity index (χ1) is 7.58. The molecule has 1 unspecified atom stereocenters. The van der Waals surface area contributed by atoms with Gasteiger partial charge in [-0.2, -0.15) is 0 Å². The molecule has 1 aliphatic rings. The van der Waals surface area contributed by atoms with Crippen LogP contribution >= 0.6 is 0 Å². The average molecular weight is 228 g/mol. The van der Waals surface area contributed by atoms with Gasteiger partial charge >= 0.3 is 0 Å². The van der Waals surface area contributed by atoms with Crippen LogP contribution in [-0.4, -0.2) is 30.3 Å². The number of aliphatic hydroxyl groups excluding tert-OH is 1. The largest absolute Gasteiger partial charge is 0.396 e. The van der Waals surface area contributed by atoms with E-state index in [4.69, 9.17) is 10.8 Å². The maximum Gasteiger partial charge on any atom is 0.0431 e. The van der Waals surface area contributed by atoms with Gasteiger partial charge in [0.1, 0.15) is 0 Å². The van der Waals surface area contributed by atoms with E-state index in [2.05, 4.69) is 19.2 Å². The van der Waals surface area contributed by atoms with Gasteiger partial charge in [0.15, 0.2) is 0 Å². The molecular formula is C13H28N2O. The molecule has 0 amide bonds. The second-order valence-electron chi connectivity index (χ2n) is 5.73. The lowest BCUT2D eigenvalue weighted by Gasteiger charge is -2.50. The van der Waals surface area contributed by atoms with Crippen molar-refractivity contribution in [1.82, 2.24) is 5.32 Å². The van der Waals surface area contributed by atoms with Gasteiger partial charge in [0.05, 0.1) is 0 Å². The summed E-state index contributed by atoms with van der Waals surface area (Å²) >= 11 is 0. The van der Waals surface area contributed by atoms with E-state index in [0.29, 0.717) is 12.0 Å². The lowest BCUT2D eigenvalue weighted by Crippen LogP contribution is -2.62. The van der Waals surface area contributed by atoms with Crippen molar-refractivity contribution in [3.05, 3.63) is 0 Å². The van der Waals surface area contributed by atoms with Crippen LogP contribution in [0.3, 0.4) is 0 Å². The minimum atomic E-state index is 0.112. The summed E-state index contributed by atoms with van der Waals surface area (Å²) in [6, 6.07) is 0. The smallest absolute Gasteiger partial charge is 0.0431 e. The normalized spacial score (nSPS) is 29.2. The maximum absolute atomic E-state index is 8.77. The molecule has 3 heteroatoms. The number of aliphatic hydroxyl groups is 1. The molecule has 0 bridgehead atoms. The molecule has 0 saturated heterocycles. The summed E-state index contributed by atoms with van der Waals surface area (Å²) in [5, 5.41) is 12.4. The number of nitrogens with two attached hydrogens (primary N) is 1. The average Bonchev–Trinajstić information content (AvgIpc) is 2.26. The second kappa shape index (κ2) is 5.99. The molecule has 1 atom stereocenters. The zero-order chi connectivity index (χ0) is 12.1. The molecule has 1 aliphatic carbocycles. The van der Waals surface area contributed by atoms with E-state index in [1.807, 2.05) is 0 Å². The highest BCUT2D eigenvalue weighted by molar-refractivity contribution is 5.03. The van der Waals surface area contributed by atoms with Crippen LogP contribution in [0.15, 0.2) is 0 Å². The first kappa shape index (κ1) is 13.9. The monoisotopic (exact) mass is 228 g/mol. The van der Waals surface area contributed by atoms with Crippen LogP contribution in [0.1, 0.15) is 52.4 Å². The van der Waals surface area contributed by atoms with Crippen molar-refractivity contribution >= 4 is 0 Å². The molecular weight excluding hydrogens is 200 g/mol. The predicted molar refractivity (Wildman–Crippen MR) is 68.4 cm³/mol. The molecule has 0 radical (unpaired) electrons. The van der Waals surface area contributed by atoms with Crippen LogP contribution in [0.4, 0.5) is 0 Å². The molecule has 1 fully saturated rings. The quantitative estimate of drug-likeness (QED) is 0.606. The highest BCUT2D eigenvalue weighted by atomic mass is 16.2. The van der Waals surface area contributed by atoms with Crippen molar-refractivity contribution in [3.63, 3.8) is 0 Å². The fraction of sp³-hybridized carbons (Fsp3) is 1.00. The highest BCUT2D eigenvalue weighted by Crippen LogP contribution is 2.43. The summed E-state index contributed by atoms with van der Waals surface area (Å²) in [6.07, 6.45) is 6.98. The van der Waals surface area contributed by atoms with E-state index in [-0.39, 0.29) is 5.54 Å². The number of unbranched alkanes of at least 4 members (excludes halogenated alkanes) is 1. The first-order valence-corrected chi connectivity index (χ1v) is 6.64. The van der Waals surface area contributed by atoms with E-state index in [1.54, 1.807) is 0 Å². The predicted octanol–water partition coefficient (Wildman–Crippen LogP) is 1.65. The molecule has 0 aliphatic heterocycles. The van der Waals surface area contributed by atoms with Crippen LogP contribution in [0.5, 0.6) is 0 Å². The minimum Gasteiger partial charge on any atom is -0.396 e. The van der Waals surface area contributed by atoms with Gasteiger partial charge in [-0.15, -0.1) is 0 Å². The van der Waals surface area contributed by atoms with Gasteiger partial charge in [-0.3, -0.25) is 0 Å². The molecule has 0 heterocycles. The van der Waals surface area contributed by atoms with Crippen molar-refractivity contribution in [3.8, 4) is 0 Å². The Bertz CT molecular complexity index is 206. The fourth-order valence-corrected chi connectivity index (χ4v) is 2.91. The Morgan fingerprint density at radius 1 is 1.19 bits per heavy atom. The summed E-state index contributed by atoms with van der Waals surface area (Å²) in [5.74, 6) is 0. The molecule has 1 saturated carbocycles. The lowest BCUT2D eigenvalue weighted by molar-refractivity contribution is 0.0685. The van der Waals surface area contributed by atoms with Crippen molar-refractivity contribution in [2.45, 2.75) is 57.9 Å². The SMILES string of the molecule is CC1(C)CCCCC1(CN)NCCCCO. The first-order valence-electron chi connectivity index (χ1n) is 6.64. The second-order valence-corrected chi connectivity index (χ2v) is 5.73. The van der Waals surface area contributed by atoms with Crippen molar-refractivity contribution in [2.75, 3.05) is 19.7 Å². The van der Waals surface area contributed by atoms with Gasteiger partial charge in [-0.05, 0) is 37.6 Å². The standard InChI is InChI=1S/C13H28N2O/c1-12(2)7-3-4-8-13(12,11-14)15-9-5-6-10-16/h15-16H,3-11,14H2,1-2H3. The van der Waals surface area contributed by atoms with Crippen LogP contribution in [0.2, 0.25) is 0 Å². The van der Waals surface area contributed by atoms with Gasteiger partial charge in [-0.1, -0.05) is 26.7 Å². The van der Waals surface area contributed by atoms with E-state index in [1.165, 1.54) is 25.7 Å². The lowest BCUT2D eigenvalue weighted by atomic mass is 9.63. The van der Waals surface area contributed by atoms with Crippen molar-refractivity contribution in [2.24, 2.45) is 11.1 Å². The Labute approximate surface area is 99.8 Å². The van der Waals surface area contributed by atoms with Gasteiger partial charge in [0.2, 0.25) is 0 Å². The molecule has 0 aromatic carbocycles. The van der Waals surface area contributed by atoms with Crippen LogP contribution in [-0.2, 0) is 0 Å². The molecule has 0 aromatic rings. The van der Waals surface area contributed by atoms with E-state index in [9.17, 15) is 0 Å². The molecule has 0 aromatic heterocycles. The summed E-state index contributed by atoms with van der Waals surface area (Å²) in [6.45, 7) is 6.65. The zero-order valence-electron chi connectivity index (χ0n) is 10.9. The van der Waals surface area contributed by atoms with Crippen LogP contribution in [0.25, 0.3) is 0 Å². The minimum absolute atomic E-state index is 0.112. The Morgan fingerprint density at radius 2 is 1.88 bits per heavy atom. The van der Waals surface area contributed by atoms with Gasteiger partial charge in [-0.25, -0.2) is 0 Å². The number of nitrogens with one attached hydrogen (secondary N) is 1. The zero-order valence-corrected chi connectivity index (χ0v) is 10.9. The van der Waals surface area contributed by atoms with Crippen molar-refractivity contribution < 1.29 is 5.11 Å². The van der Waals surface area contributed by atoms with E-state index >= 15 is 0 Å². The molecule has 0 spiro atoms. The van der Waals surface area contributed by atoms with Crippen molar-refractivity contribution in [1.29, 1.82) is 0 Å². The number of hydrogen-bond donors (Lipinski definition) is 3. The summed E-state index contributed by atoms with van der Waals surface area (Å²) in [4.78, 5) is 0. The maximum atomic E-state index is 8.77. The molecule has 3 nitrogen and oxygen atoms in total. The summed E-state index contributed by atoms with van der Waals surface area (Å²) in [7, 11) is 0. The van der Waals surface area contributed by atoms with Crippen LogP contribution in [0, 0.1) is 5.41 Å². The number of rotatable bonds is 6. The van der Waals surface area contributed by atoms with E-state index < -0.39 is 0 Å². The highest BCUT2D eigenvalue weighted by Gasteiger charge is 2.44. The topological polar surface area (TPSA) is 58.3 Å². The fourth-order valence-electron chi connectivity index (χ4n) is 2.91. The third kappa shape index (κ3) is 2.96. The Kier molecular flexibility index (Phi) is 5.22. The third-order valence-electron chi connectivity index (χ3n) is 4.35. The van der Waals surface area contributed by atoms with Gasteiger partial charge < -0.3 is 16.2 Å². The Balaban J connectivity index is 2.53. The molecule has 16 heavy (non-hydrogen) atoms. The van der Waals surface area contributed by atoms with Crippen LogP contribution < -0.4 is 11.1 Å². The molecule has 96 valence electrons. The molecule has 4 N–H and O–H groups in total. The van der Waals surface area contributed by atoms with Gasteiger partial charge in [0, 0.05) is 18.7 Å². The summed E-state index contributed by atoms with van der Waals surface area (Å²) < 4.78 is 0. The molecule has 1 rings (SSSR count). The number of hydrogen-bond acceptors (Lipinski definition) is 3. The Morgan fingerprint density at radius 3 is 2.44 bits per heavy atom.